The number of allylic oxidation sites excluding steroid dienone is 4. The van der Waals surface area contributed by atoms with E-state index in [1.54, 1.807) is 0 Å². The number of hydrogen-bond donors (Lipinski definition) is 0. The molecule has 6 atom stereocenters. The predicted octanol–water partition coefficient (Wildman–Crippen LogP) is 2.13. The Kier molecular flexibility index (Phi) is 5.55. The monoisotopic (exact) mass is 508 g/mol. The summed E-state index contributed by atoms with van der Waals surface area (Å²) in [6, 6.07) is 0. The lowest BCUT2D eigenvalue weighted by atomic mass is 9.46. The largest absolute Gasteiger partial charge is 0.546 e. The molecule has 0 aromatic rings. The highest BCUT2D eigenvalue weighted by Gasteiger charge is 2.91. The molecule has 190 valence electrons. The molecule has 3 rings (SSSR count). The third kappa shape index (κ3) is 2.51. The van der Waals surface area contributed by atoms with Crippen LogP contribution in [0.25, 0.3) is 0 Å². The topological polar surface area (TPSA) is 80.3 Å². The summed E-state index contributed by atoms with van der Waals surface area (Å²) in [5.74, 6) is -19.0. The van der Waals surface area contributed by atoms with Crippen LogP contribution in [0.5, 0.6) is 0 Å². The molecule has 0 radical (unpaired) electrons. The molecule has 0 aromatic heterocycles. The molecule has 0 saturated carbocycles. The summed E-state index contributed by atoms with van der Waals surface area (Å²) >= 11 is 0. The van der Waals surface area contributed by atoms with Crippen molar-refractivity contribution < 1.29 is 63.7 Å². The number of carboxylic acid groups (broad SMARTS) is 2. The fourth-order valence-corrected chi connectivity index (χ4v) is 5.11. The number of aliphatic carboxylic acids is 2. The molecule has 0 spiro atoms. The maximum absolute atomic E-state index is 16.6. The van der Waals surface area contributed by atoms with Crippen LogP contribution in [0.3, 0.4) is 0 Å². The van der Waals surface area contributed by atoms with Crippen molar-refractivity contribution in [2.45, 2.75) is 66.1 Å². The van der Waals surface area contributed by atoms with Crippen LogP contribution in [0, 0.1) is 5.41 Å². The van der Waals surface area contributed by atoms with Crippen molar-refractivity contribution in [3.63, 3.8) is 0 Å². The number of carbonyl (C=O) groups is 2. The first-order valence-corrected chi connectivity index (χ1v) is 9.64. The van der Waals surface area contributed by atoms with E-state index < -0.39 is 101 Å². The van der Waals surface area contributed by atoms with Gasteiger partial charge in [-0.25, -0.2) is 26.3 Å². The van der Waals surface area contributed by atoms with Crippen molar-refractivity contribution in [3.8, 4) is 0 Å². The van der Waals surface area contributed by atoms with Crippen LogP contribution in [0.15, 0.2) is 36.5 Å². The molecule has 0 amide bonds. The normalized spacial score (nSPS) is 47.4. The first-order chi connectivity index (χ1) is 15.3. The lowest BCUT2D eigenvalue weighted by Gasteiger charge is -2.63. The van der Waals surface area contributed by atoms with Crippen LogP contribution in [0.1, 0.15) is 19.3 Å². The van der Waals surface area contributed by atoms with E-state index in [9.17, 15) is 28.6 Å². The molecule has 14 heteroatoms. The minimum absolute atomic E-state index is 0.315. The van der Waals surface area contributed by atoms with Gasteiger partial charge < -0.3 is 19.8 Å². The summed E-state index contributed by atoms with van der Waals surface area (Å²) in [6.07, 6.45) is -13.3. The van der Waals surface area contributed by atoms with E-state index in [1.165, 1.54) is 0 Å². The van der Waals surface area contributed by atoms with Gasteiger partial charge >= 0.3 is 11.8 Å². The van der Waals surface area contributed by atoms with Gasteiger partial charge in [-0.15, -0.1) is 0 Å². The molecule has 0 aliphatic heterocycles. The highest BCUT2D eigenvalue weighted by molar-refractivity contribution is 5.84. The Morgan fingerprint density at radius 3 is 1.38 bits per heavy atom. The van der Waals surface area contributed by atoms with Crippen molar-refractivity contribution >= 4 is 11.9 Å². The van der Waals surface area contributed by atoms with E-state index in [4.69, 9.17) is 0 Å². The highest BCUT2D eigenvalue weighted by atomic mass is 19.3. The van der Waals surface area contributed by atoms with Crippen molar-refractivity contribution in [2.24, 2.45) is 5.41 Å². The molecule has 3 aliphatic rings. The lowest BCUT2D eigenvalue weighted by molar-refractivity contribution is -0.373. The number of rotatable bonds is 4. The van der Waals surface area contributed by atoms with Crippen molar-refractivity contribution in [3.05, 3.63) is 36.5 Å². The standard InChI is InChI=1S/C20H16F10O4/c21-10-4-8-15(23,12(31)32)19(29,17(10,25)26)14(6-2-1-3-7-14)20(30)16(24,13(33)34)9-5-11(22)18(20,27)28/h2,4-6,8-11H,1,3,7H2,(H,31,32)(H,33,34)/p-2. The van der Waals surface area contributed by atoms with Crippen LogP contribution in [-0.4, -0.2) is 58.8 Å². The third-order valence-corrected chi connectivity index (χ3v) is 6.77. The van der Waals surface area contributed by atoms with Crippen LogP contribution in [-0.2, 0) is 9.59 Å². The zero-order valence-electron chi connectivity index (χ0n) is 16.7. The van der Waals surface area contributed by atoms with Gasteiger partial charge in [0.2, 0.25) is 22.7 Å². The molecule has 0 bridgehead atoms. The summed E-state index contributed by atoms with van der Waals surface area (Å²) in [4.78, 5) is 23.0. The van der Waals surface area contributed by atoms with Gasteiger partial charge in [-0.3, -0.25) is 0 Å². The van der Waals surface area contributed by atoms with Crippen LogP contribution in [0.4, 0.5) is 43.9 Å². The quantitative estimate of drug-likeness (QED) is 0.431. The summed E-state index contributed by atoms with van der Waals surface area (Å²) in [7, 11) is 0. The maximum Gasteiger partial charge on any atom is 0.320 e. The molecular formula is C20H14F10O4-2. The highest BCUT2D eigenvalue weighted by Crippen LogP contribution is 2.71. The molecule has 0 aromatic carbocycles. The number of hydrogen-bond acceptors (Lipinski definition) is 4. The molecule has 0 saturated heterocycles. The number of halogens is 10. The second-order valence-corrected chi connectivity index (χ2v) is 8.35. The van der Waals surface area contributed by atoms with Gasteiger partial charge in [0.25, 0.3) is 0 Å². The minimum Gasteiger partial charge on any atom is -0.546 e. The summed E-state index contributed by atoms with van der Waals surface area (Å²) < 4.78 is 153. The Bertz CT molecular complexity index is 930. The number of alkyl halides is 10. The SMILES string of the molecule is O=C([O-])C1(F)C=CC(F)C(F)(F)C1(F)C1(C2(F)C(F)(C(=O)[O-])C=CC(F)C2(F)F)C=CCCC1. The summed E-state index contributed by atoms with van der Waals surface area (Å²) in [5.41, 5.74) is -27.5. The van der Waals surface area contributed by atoms with E-state index in [2.05, 4.69) is 0 Å². The van der Waals surface area contributed by atoms with E-state index in [1.807, 2.05) is 0 Å². The fourth-order valence-electron chi connectivity index (χ4n) is 5.11. The summed E-state index contributed by atoms with van der Waals surface area (Å²) in [5, 5.41) is 23.0. The zero-order valence-corrected chi connectivity index (χ0v) is 16.7. The zero-order chi connectivity index (χ0) is 26.2. The Hall–Kier alpha value is -2.54. The predicted molar refractivity (Wildman–Crippen MR) is 88.8 cm³/mol. The molecule has 34 heavy (non-hydrogen) atoms. The van der Waals surface area contributed by atoms with E-state index in [-0.39, 0.29) is 12.5 Å². The Balaban J connectivity index is 2.60. The van der Waals surface area contributed by atoms with Crippen molar-refractivity contribution in [1.29, 1.82) is 0 Å². The fraction of sp³-hybridized carbons (Fsp3) is 0.600. The van der Waals surface area contributed by atoms with Gasteiger partial charge in [0.15, 0.2) is 12.3 Å². The Labute approximate surface area is 184 Å². The third-order valence-electron chi connectivity index (χ3n) is 6.77. The average Bonchev–Trinajstić information content (AvgIpc) is 2.77. The Morgan fingerprint density at radius 2 is 1.09 bits per heavy atom. The van der Waals surface area contributed by atoms with Gasteiger partial charge in [-0.1, -0.05) is 12.2 Å². The van der Waals surface area contributed by atoms with Crippen molar-refractivity contribution in [1.82, 2.24) is 0 Å². The average molecular weight is 508 g/mol. The first kappa shape index (κ1) is 26.1. The van der Waals surface area contributed by atoms with Crippen LogP contribution >= 0.6 is 0 Å². The molecular weight excluding hydrogens is 494 g/mol. The van der Waals surface area contributed by atoms with Crippen LogP contribution < -0.4 is 10.2 Å². The van der Waals surface area contributed by atoms with Crippen molar-refractivity contribution in [2.75, 3.05) is 0 Å². The molecule has 3 aliphatic carbocycles. The maximum atomic E-state index is 16.6. The first-order valence-electron chi connectivity index (χ1n) is 9.64. The number of carbonyl (C=O) groups excluding carboxylic acids is 2. The van der Waals surface area contributed by atoms with Gasteiger partial charge in [0.1, 0.15) is 0 Å². The Morgan fingerprint density at radius 1 is 0.706 bits per heavy atom. The van der Waals surface area contributed by atoms with E-state index in [0.717, 1.165) is 0 Å². The van der Waals surface area contributed by atoms with Crippen LogP contribution in [0.2, 0.25) is 0 Å². The molecule has 0 N–H and O–H groups in total. The van der Waals surface area contributed by atoms with E-state index >= 15 is 35.1 Å². The smallest absolute Gasteiger partial charge is 0.320 e. The second kappa shape index (κ2) is 7.23. The molecule has 0 heterocycles. The second-order valence-electron chi connectivity index (χ2n) is 8.35. The number of carboxylic acids is 2. The van der Waals surface area contributed by atoms with E-state index in [0.29, 0.717) is 6.08 Å². The lowest BCUT2D eigenvalue weighted by Crippen LogP contribution is -2.85. The van der Waals surface area contributed by atoms with Gasteiger partial charge in [0.05, 0.1) is 17.4 Å². The molecule has 0 fully saturated rings. The van der Waals surface area contributed by atoms with Gasteiger partial charge in [0, 0.05) is 0 Å². The van der Waals surface area contributed by atoms with Gasteiger partial charge in [-0.05, 0) is 43.6 Å². The molecule has 4 nitrogen and oxygen atoms in total. The van der Waals surface area contributed by atoms with Gasteiger partial charge in [-0.2, -0.15) is 17.6 Å². The summed E-state index contributed by atoms with van der Waals surface area (Å²) in [6.45, 7) is 0. The molecule has 6 unspecified atom stereocenters. The minimum atomic E-state index is -6.05.